The van der Waals surface area contributed by atoms with Crippen molar-refractivity contribution in [3.05, 3.63) is 28.4 Å². The topological polar surface area (TPSA) is 94.0 Å². The molecule has 90 valence electrons. The van der Waals surface area contributed by atoms with Crippen molar-refractivity contribution >= 4 is 22.4 Å². The van der Waals surface area contributed by atoms with E-state index in [4.69, 9.17) is 10.2 Å². The molecule has 0 aliphatic rings. The molecule has 0 radical (unpaired) electrons. The van der Waals surface area contributed by atoms with Gasteiger partial charge in [0.15, 0.2) is 5.13 Å². The summed E-state index contributed by atoms with van der Waals surface area (Å²) in [6.07, 6.45) is 1.61. The minimum Gasteiger partial charge on any atom is -0.444 e. The summed E-state index contributed by atoms with van der Waals surface area (Å²) >= 11 is 1.17. The fourth-order valence-electron chi connectivity index (χ4n) is 1.35. The zero-order valence-electron chi connectivity index (χ0n) is 9.48. The van der Waals surface area contributed by atoms with Gasteiger partial charge in [-0.1, -0.05) is 11.3 Å². The summed E-state index contributed by atoms with van der Waals surface area (Å²) in [5, 5.41) is 3.09. The van der Waals surface area contributed by atoms with Gasteiger partial charge in [0.2, 0.25) is 5.89 Å². The fraction of sp³-hybridized carbons (Fsp3) is 0.300. The first kappa shape index (κ1) is 11.6. The van der Waals surface area contributed by atoms with E-state index in [1.165, 1.54) is 11.3 Å². The van der Waals surface area contributed by atoms with Gasteiger partial charge >= 0.3 is 0 Å². The molecule has 0 saturated carbocycles. The number of thiazole rings is 1. The molecule has 0 spiro atoms. The molecule has 2 aromatic heterocycles. The highest BCUT2D eigenvalue weighted by Gasteiger charge is 2.14. The molecular formula is C10H12N4O2S. The van der Waals surface area contributed by atoms with Gasteiger partial charge in [-0.3, -0.25) is 4.79 Å². The third kappa shape index (κ3) is 2.62. The molecule has 2 heterocycles. The Morgan fingerprint density at radius 3 is 2.88 bits per heavy atom. The first-order valence-electron chi connectivity index (χ1n) is 4.98. The van der Waals surface area contributed by atoms with E-state index >= 15 is 0 Å². The highest BCUT2D eigenvalue weighted by Crippen LogP contribution is 2.19. The van der Waals surface area contributed by atoms with Crippen LogP contribution in [0.1, 0.15) is 27.0 Å². The van der Waals surface area contributed by atoms with Crippen molar-refractivity contribution < 1.29 is 9.21 Å². The molecule has 3 N–H and O–H groups in total. The maximum absolute atomic E-state index is 11.8. The molecule has 0 atom stereocenters. The second kappa shape index (κ2) is 4.54. The van der Waals surface area contributed by atoms with Crippen LogP contribution in [-0.4, -0.2) is 15.9 Å². The maximum Gasteiger partial charge on any atom is 0.263 e. The summed E-state index contributed by atoms with van der Waals surface area (Å²) in [6, 6.07) is 0. The first-order valence-corrected chi connectivity index (χ1v) is 5.80. The van der Waals surface area contributed by atoms with Crippen LogP contribution in [0.15, 0.2) is 10.6 Å². The number of nitrogens with zero attached hydrogens (tertiary/aromatic N) is 2. The Balaban J connectivity index is 2.00. The average Bonchev–Trinajstić information content (AvgIpc) is 2.81. The molecule has 0 aromatic carbocycles. The highest BCUT2D eigenvalue weighted by atomic mass is 32.1. The number of hydrogen-bond acceptors (Lipinski definition) is 6. The Morgan fingerprint density at radius 1 is 1.59 bits per heavy atom. The second-order valence-electron chi connectivity index (χ2n) is 3.51. The number of aromatic nitrogens is 2. The number of oxazole rings is 1. The van der Waals surface area contributed by atoms with E-state index in [1.54, 1.807) is 20.0 Å². The van der Waals surface area contributed by atoms with Crippen molar-refractivity contribution in [1.29, 1.82) is 0 Å². The maximum atomic E-state index is 11.8. The van der Waals surface area contributed by atoms with Crippen molar-refractivity contribution in [2.45, 2.75) is 20.4 Å². The van der Waals surface area contributed by atoms with Crippen molar-refractivity contribution in [3.8, 4) is 0 Å². The molecule has 0 bridgehead atoms. The molecule has 0 fully saturated rings. The van der Waals surface area contributed by atoms with Crippen molar-refractivity contribution in [1.82, 2.24) is 15.3 Å². The smallest absolute Gasteiger partial charge is 0.263 e. The van der Waals surface area contributed by atoms with Gasteiger partial charge in [0.25, 0.3) is 5.91 Å². The molecule has 0 aliphatic heterocycles. The van der Waals surface area contributed by atoms with E-state index in [2.05, 4.69) is 15.3 Å². The zero-order chi connectivity index (χ0) is 12.4. The number of nitrogens with one attached hydrogen (secondary N) is 1. The standard InChI is InChI=1S/C10H12N4O2S/c1-5-3-12-7(16-5)4-13-9(15)8-6(2)14-10(11)17-8/h3H,4H2,1-2H3,(H2,11,14)(H,13,15). The van der Waals surface area contributed by atoms with Gasteiger partial charge in [-0.15, -0.1) is 0 Å². The number of rotatable bonds is 3. The largest absolute Gasteiger partial charge is 0.444 e. The molecule has 0 unspecified atom stereocenters. The minimum absolute atomic E-state index is 0.215. The Kier molecular flexibility index (Phi) is 3.10. The number of carbonyl (C=O) groups excluding carboxylic acids is 1. The lowest BCUT2D eigenvalue weighted by atomic mass is 10.4. The molecule has 6 nitrogen and oxygen atoms in total. The van der Waals surface area contributed by atoms with E-state index in [0.29, 0.717) is 27.4 Å². The predicted octanol–water partition coefficient (Wildman–Crippen LogP) is 1.26. The van der Waals surface area contributed by atoms with Gasteiger partial charge in [-0.2, -0.15) is 0 Å². The number of nitrogen functional groups attached to an aromatic ring is 1. The summed E-state index contributed by atoms with van der Waals surface area (Å²) in [5.74, 6) is 0.978. The fourth-order valence-corrected chi connectivity index (χ4v) is 2.10. The molecule has 7 heteroatoms. The Labute approximate surface area is 102 Å². The van der Waals surface area contributed by atoms with Crippen LogP contribution in [0.2, 0.25) is 0 Å². The lowest BCUT2D eigenvalue weighted by Gasteiger charge is -2.00. The lowest BCUT2D eigenvalue weighted by Crippen LogP contribution is -2.22. The third-order valence-corrected chi connectivity index (χ3v) is 3.07. The SMILES string of the molecule is Cc1cnc(CNC(=O)c2sc(N)nc2C)o1. The number of aryl methyl sites for hydroxylation is 2. The first-order chi connectivity index (χ1) is 8.06. The second-order valence-corrected chi connectivity index (χ2v) is 4.54. The molecule has 2 aromatic rings. The van der Waals surface area contributed by atoms with Gasteiger partial charge in [0.1, 0.15) is 10.6 Å². The van der Waals surface area contributed by atoms with Gasteiger partial charge in [0, 0.05) is 0 Å². The van der Waals surface area contributed by atoms with E-state index in [9.17, 15) is 4.79 Å². The van der Waals surface area contributed by atoms with Crippen LogP contribution in [-0.2, 0) is 6.54 Å². The quantitative estimate of drug-likeness (QED) is 0.857. The van der Waals surface area contributed by atoms with E-state index in [-0.39, 0.29) is 12.5 Å². The average molecular weight is 252 g/mol. The van der Waals surface area contributed by atoms with Gasteiger partial charge in [-0.25, -0.2) is 9.97 Å². The van der Waals surface area contributed by atoms with Crippen molar-refractivity contribution in [2.24, 2.45) is 0 Å². The minimum atomic E-state index is -0.215. The number of carbonyl (C=O) groups is 1. The Bertz CT molecular complexity index is 546. The molecule has 1 amide bonds. The Hall–Kier alpha value is -1.89. The summed E-state index contributed by atoms with van der Waals surface area (Å²) < 4.78 is 5.24. The monoisotopic (exact) mass is 252 g/mol. The summed E-state index contributed by atoms with van der Waals surface area (Å²) in [5.41, 5.74) is 6.16. The summed E-state index contributed by atoms with van der Waals surface area (Å²) in [4.78, 5) is 20.3. The number of amides is 1. The zero-order valence-corrected chi connectivity index (χ0v) is 10.3. The van der Waals surface area contributed by atoms with E-state index in [0.717, 1.165) is 0 Å². The molecule has 2 rings (SSSR count). The van der Waals surface area contributed by atoms with Gasteiger partial charge in [-0.05, 0) is 13.8 Å². The van der Waals surface area contributed by atoms with Gasteiger partial charge < -0.3 is 15.5 Å². The van der Waals surface area contributed by atoms with E-state index in [1.807, 2.05) is 0 Å². The van der Waals surface area contributed by atoms with Crippen LogP contribution < -0.4 is 11.1 Å². The normalized spacial score (nSPS) is 10.5. The number of nitrogens with two attached hydrogens (primary N) is 1. The molecule has 17 heavy (non-hydrogen) atoms. The van der Waals surface area contributed by atoms with E-state index < -0.39 is 0 Å². The molecule has 0 aliphatic carbocycles. The third-order valence-electron chi connectivity index (χ3n) is 2.09. The van der Waals surface area contributed by atoms with Crippen LogP contribution in [0, 0.1) is 13.8 Å². The van der Waals surface area contributed by atoms with Crippen molar-refractivity contribution in [2.75, 3.05) is 5.73 Å². The lowest BCUT2D eigenvalue weighted by molar-refractivity contribution is 0.0950. The molecule has 0 saturated heterocycles. The predicted molar refractivity (Wildman–Crippen MR) is 63.7 cm³/mol. The van der Waals surface area contributed by atoms with Crippen LogP contribution in [0.3, 0.4) is 0 Å². The highest BCUT2D eigenvalue weighted by molar-refractivity contribution is 7.17. The van der Waals surface area contributed by atoms with Crippen molar-refractivity contribution in [3.63, 3.8) is 0 Å². The van der Waals surface area contributed by atoms with Crippen LogP contribution in [0.25, 0.3) is 0 Å². The van der Waals surface area contributed by atoms with Crippen LogP contribution in [0.4, 0.5) is 5.13 Å². The number of hydrogen-bond donors (Lipinski definition) is 2. The Morgan fingerprint density at radius 2 is 2.35 bits per heavy atom. The van der Waals surface area contributed by atoms with Gasteiger partial charge in [0.05, 0.1) is 18.4 Å². The van der Waals surface area contributed by atoms with Crippen LogP contribution >= 0.6 is 11.3 Å². The summed E-state index contributed by atoms with van der Waals surface area (Å²) in [7, 11) is 0. The molecular weight excluding hydrogens is 240 g/mol. The summed E-state index contributed by atoms with van der Waals surface area (Å²) in [6.45, 7) is 3.80. The van der Waals surface area contributed by atoms with Crippen LogP contribution in [0.5, 0.6) is 0 Å². The number of anilines is 1.